The molecule has 0 aromatic heterocycles. The summed E-state index contributed by atoms with van der Waals surface area (Å²) in [5, 5.41) is 2.63. The summed E-state index contributed by atoms with van der Waals surface area (Å²) in [6.45, 7) is 2.24. The molecule has 0 aliphatic rings. The maximum atomic E-state index is 11.0. The molecule has 0 fully saturated rings. The lowest BCUT2D eigenvalue weighted by Crippen LogP contribution is -2.16. The first-order chi connectivity index (χ1) is 11.3. The third-order valence-corrected chi connectivity index (χ3v) is 3.51. The molecule has 0 radical (unpaired) electrons. The highest BCUT2D eigenvalue weighted by Crippen LogP contribution is 2.01. The Bertz CT molecular complexity index is 377. The van der Waals surface area contributed by atoms with Gasteiger partial charge in [0.1, 0.15) is 0 Å². The van der Waals surface area contributed by atoms with Crippen LogP contribution in [0.15, 0.2) is 48.6 Å². The molecule has 0 unspecified atom stereocenters. The summed E-state index contributed by atoms with van der Waals surface area (Å²) in [7, 11) is 1.68. The summed E-state index contributed by atoms with van der Waals surface area (Å²) in [6, 6.07) is 0. The van der Waals surface area contributed by atoms with Crippen molar-refractivity contribution >= 4 is 5.91 Å². The molecule has 0 aromatic carbocycles. The van der Waals surface area contributed by atoms with Gasteiger partial charge in [-0.3, -0.25) is 4.79 Å². The van der Waals surface area contributed by atoms with Crippen LogP contribution < -0.4 is 5.32 Å². The Morgan fingerprint density at radius 3 is 1.70 bits per heavy atom. The van der Waals surface area contributed by atoms with Crippen molar-refractivity contribution < 1.29 is 4.79 Å². The van der Waals surface area contributed by atoms with E-state index in [0.717, 1.165) is 32.1 Å². The largest absolute Gasteiger partial charge is 0.359 e. The highest BCUT2D eigenvalue weighted by molar-refractivity contribution is 5.75. The van der Waals surface area contributed by atoms with Gasteiger partial charge in [0.25, 0.3) is 0 Å². The summed E-state index contributed by atoms with van der Waals surface area (Å²) >= 11 is 0. The molecule has 0 saturated carbocycles. The van der Waals surface area contributed by atoms with Gasteiger partial charge >= 0.3 is 0 Å². The SMILES string of the molecule is CCCCC/C=C/C/C=C/C/C=C/C/C=C/CCCC(=O)NC. The van der Waals surface area contributed by atoms with Crippen LogP contribution in [0.4, 0.5) is 0 Å². The van der Waals surface area contributed by atoms with E-state index in [1.54, 1.807) is 7.05 Å². The van der Waals surface area contributed by atoms with Gasteiger partial charge in [-0.1, -0.05) is 68.4 Å². The van der Waals surface area contributed by atoms with Crippen LogP contribution in [-0.4, -0.2) is 13.0 Å². The van der Waals surface area contributed by atoms with Crippen LogP contribution in [0.25, 0.3) is 0 Å². The van der Waals surface area contributed by atoms with E-state index in [2.05, 4.69) is 60.8 Å². The maximum absolute atomic E-state index is 11.0. The monoisotopic (exact) mass is 317 g/mol. The fraction of sp³-hybridized carbons (Fsp3) is 0.571. The fourth-order valence-corrected chi connectivity index (χ4v) is 2.07. The second-order valence-corrected chi connectivity index (χ2v) is 5.65. The topological polar surface area (TPSA) is 29.1 Å². The molecule has 0 rings (SSSR count). The van der Waals surface area contributed by atoms with Gasteiger partial charge in [-0.05, 0) is 44.9 Å². The second-order valence-electron chi connectivity index (χ2n) is 5.65. The quantitative estimate of drug-likeness (QED) is 0.315. The maximum Gasteiger partial charge on any atom is 0.219 e. The Hall–Kier alpha value is -1.57. The average Bonchev–Trinajstić information content (AvgIpc) is 2.57. The number of allylic oxidation sites excluding steroid dienone is 8. The number of amides is 1. The smallest absolute Gasteiger partial charge is 0.219 e. The summed E-state index contributed by atoms with van der Waals surface area (Å²) < 4.78 is 0. The van der Waals surface area contributed by atoms with E-state index < -0.39 is 0 Å². The van der Waals surface area contributed by atoms with Crippen molar-refractivity contribution in [2.75, 3.05) is 7.05 Å². The molecule has 2 heteroatoms. The molecular weight excluding hydrogens is 282 g/mol. The van der Waals surface area contributed by atoms with Crippen LogP contribution in [0, 0.1) is 0 Å². The van der Waals surface area contributed by atoms with E-state index in [1.807, 2.05) is 0 Å². The first-order valence-corrected chi connectivity index (χ1v) is 9.11. The van der Waals surface area contributed by atoms with Crippen molar-refractivity contribution in [2.24, 2.45) is 0 Å². The highest BCUT2D eigenvalue weighted by atomic mass is 16.1. The lowest BCUT2D eigenvalue weighted by molar-refractivity contribution is -0.120. The number of hydrogen-bond acceptors (Lipinski definition) is 1. The Kier molecular flexibility index (Phi) is 17.2. The standard InChI is InChI=1S/C21H35NO/c1-3-4-5-6-7-8-9-10-11-12-13-14-15-16-17-18-19-20-21(23)22-2/h7-8,10-11,13-14,16-17H,3-6,9,12,15,18-20H2,1-2H3,(H,22,23)/b8-7+,11-10+,14-13+,17-16+. The third kappa shape index (κ3) is 18.4. The zero-order valence-corrected chi connectivity index (χ0v) is 15.1. The molecule has 2 nitrogen and oxygen atoms in total. The van der Waals surface area contributed by atoms with E-state index in [9.17, 15) is 4.79 Å². The number of nitrogens with one attached hydrogen (secondary N) is 1. The predicted molar refractivity (Wildman–Crippen MR) is 102 cm³/mol. The molecule has 0 spiro atoms. The van der Waals surface area contributed by atoms with Gasteiger partial charge in [-0.2, -0.15) is 0 Å². The van der Waals surface area contributed by atoms with Gasteiger partial charge in [-0.15, -0.1) is 0 Å². The average molecular weight is 318 g/mol. The molecule has 1 amide bonds. The molecule has 23 heavy (non-hydrogen) atoms. The van der Waals surface area contributed by atoms with Crippen molar-refractivity contribution in [1.29, 1.82) is 0 Å². The second kappa shape index (κ2) is 18.5. The molecular formula is C21H35NO. The van der Waals surface area contributed by atoms with Crippen molar-refractivity contribution in [2.45, 2.75) is 71.1 Å². The number of carbonyl (C=O) groups is 1. The van der Waals surface area contributed by atoms with E-state index in [0.29, 0.717) is 6.42 Å². The van der Waals surface area contributed by atoms with Gasteiger partial charge in [0.05, 0.1) is 0 Å². The summed E-state index contributed by atoms with van der Waals surface area (Å²) in [4.78, 5) is 11.0. The lowest BCUT2D eigenvalue weighted by Gasteiger charge is -1.95. The lowest BCUT2D eigenvalue weighted by atomic mass is 10.2. The molecule has 0 atom stereocenters. The summed E-state index contributed by atoms with van der Waals surface area (Å²) in [5.74, 6) is 0.126. The first-order valence-electron chi connectivity index (χ1n) is 9.11. The van der Waals surface area contributed by atoms with E-state index >= 15 is 0 Å². The number of unbranched alkanes of at least 4 members (excludes halogenated alkanes) is 4. The van der Waals surface area contributed by atoms with Gasteiger partial charge in [0, 0.05) is 13.5 Å². The van der Waals surface area contributed by atoms with Gasteiger partial charge < -0.3 is 5.32 Å². The van der Waals surface area contributed by atoms with Crippen molar-refractivity contribution in [3.05, 3.63) is 48.6 Å². The fourth-order valence-electron chi connectivity index (χ4n) is 2.07. The van der Waals surface area contributed by atoms with Gasteiger partial charge in [0.15, 0.2) is 0 Å². The summed E-state index contributed by atoms with van der Waals surface area (Å²) in [5.41, 5.74) is 0. The van der Waals surface area contributed by atoms with Gasteiger partial charge in [0.2, 0.25) is 5.91 Å². The molecule has 1 N–H and O–H groups in total. The number of rotatable bonds is 14. The molecule has 0 saturated heterocycles. The minimum absolute atomic E-state index is 0.126. The Morgan fingerprint density at radius 1 is 0.739 bits per heavy atom. The predicted octanol–water partition coefficient (Wildman–Crippen LogP) is 5.88. The molecule has 0 aromatic rings. The van der Waals surface area contributed by atoms with Crippen LogP contribution >= 0.6 is 0 Å². The highest BCUT2D eigenvalue weighted by Gasteiger charge is 1.94. The van der Waals surface area contributed by atoms with Crippen LogP contribution in [0.1, 0.15) is 71.1 Å². The van der Waals surface area contributed by atoms with Crippen molar-refractivity contribution in [3.63, 3.8) is 0 Å². The van der Waals surface area contributed by atoms with Crippen LogP contribution in [0.3, 0.4) is 0 Å². The Balaban J connectivity index is 3.42. The molecule has 0 aliphatic heterocycles. The van der Waals surface area contributed by atoms with Crippen LogP contribution in [0.2, 0.25) is 0 Å². The molecule has 130 valence electrons. The molecule has 0 bridgehead atoms. The minimum atomic E-state index is 0.126. The zero-order valence-electron chi connectivity index (χ0n) is 15.1. The Labute approximate surface area is 143 Å². The van der Waals surface area contributed by atoms with Crippen molar-refractivity contribution in [3.8, 4) is 0 Å². The first kappa shape index (κ1) is 21.4. The molecule has 0 heterocycles. The minimum Gasteiger partial charge on any atom is -0.359 e. The van der Waals surface area contributed by atoms with E-state index in [4.69, 9.17) is 0 Å². The third-order valence-electron chi connectivity index (χ3n) is 3.51. The number of carbonyl (C=O) groups excluding carboxylic acids is 1. The number of hydrogen-bond donors (Lipinski definition) is 1. The molecule has 0 aliphatic carbocycles. The summed E-state index contributed by atoms with van der Waals surface area (Å²) in [6.07, 6.45) is 28.5. The van der Waals surface area contributed by atoms with Crippen LogP contribution in [0.5, 0.6) is 0 Å². The van der Waals surface area contributed by atoms with Crippen molar-refractivity contribution in [1.82, 2.24) is 5.32 Å². The zero-order chi connectivity index (χ0) is 17.0. The van der Waals surface area contributed by atoms with E-state index in [-0.39, 0.29) is 5.91 Å². The van der Waals surface area contributed by atoms with Gasteiger partial charge in [-0.25, -0.2) is 0 Å². The normalized spacial score (nSPS) is 12.3. The van der Waals surface area contributed by atoms with Crippen LogP contribution in [-0.2, 0) is 4.79 Å². The van der Waals surface area contributed by atoms with E-state index in [1.165, 1.54) is 25.7 Å². The Morgan fingerprint density at radius 2 is 1.22 bits per heavy atom.